The van der Waals surface area contributed by atoms with Crippen LogP contribution in [-0.4, -0.2) is 34.9 Å². The van der Waals surface area contributed by atoms with E-state index in [-0.39, 0.29) is 17.3 Å². The minimum Gasteiger partial charge on any atom is -0.458 e. The van der Waals surface area contributed by atoms with E-state index in [0.29, 0.717) is 18.4 Å². The molecule has 3 rings (SSSR count). The molecule has 3 fully saturated rings. The van der Waals surface area contributed by atoms with Crippen LogP contribution in [0.3, 0.4) is 0 Å². The number of carbonyl (C=O) groups excluding carboxylic acids is 2. The third-order valence-electron chi connectivity index (χ3n) is 6.79. The standard InChI is InChI=1S/C20H28O5/c1-6-11(2)17(22)25-20(5)13-9-10-19(4)14(21)8-7-12(3)15(19)16(13)24-18(20)23/h6,13-16,21H,3,7-10H2,1-2,4-5H3/t13-,14+,15-,16-,19-,20-/m1/s1. The molecule has 3 aliphatic rings. The third kappa shape index (κ3) is 2.55. The summed E-state index contributed by atoms with van der Waals surface area (Å²) in [5.74, 6) is -1.29. The Kier molecular flexibility index (Phi) is 4.34. The molecule has 0 bridgehead atoms. The monoisotopic (exact) mass is 348 g/mol. The summed E-state index contributed by atoms with van der Waals surface area (Å²) in [5.41, 5.74) is -0.132. The Balaban J connectivity index is 1.92. The topological polar surface area (TPSA) is 72.8 Å². The van der Waals surface area contributed by atoms with Crippen LogP contribution < -0.4 is 0 Å². The molecule has 1 N–H and O–H groups in total. The third-order valence-corrected chi connectivity index (χ3v) is 6.79. The van der Waals surface area contributed by atoms with Crippen molar-refractivity contribution < 1.29 is 24.2 Å². The van der Waals surface area contributed by atoms with E-state index in [1.165, 1.54) is 0 Å². The normalized spacial score (nSPS) is 44.0. The predicted molar refractivity (Wildman–Crippen MR) is 92.5 cm³/mol. The molecule has 6 atom stereocenters. The van der Waals surface area contributed by atoms with Gasteiger partial charge in [-0.2, -0.15) is 0 Å². The van der Waals surface area contributed by atoms with Crippen molar-refractivity contribution in [1.29, 1.82) is 0 Å². The molecular weight excluding hydrogens is 320 g/mol. The second-order valence-corrected chi connectivity index (χ2v) is 8.18. The molecule has 0 aromatic heterocycles. The van der Waals surface area contributed by atoms with Gasteiger partial charge in [0.2, 0.25) is 5.60 Å². The summed E-state index contributed by atoms with van der Waals surface area (Å²) < 4.78 is 11.4. The summed E-state index contributed by atoms with van der Waals surface area (Å²) in [6, 6.07) is 0. The second kappa shape index (κ2) is 5.97. The van der Waals surface area contributed by atoms with Gasteiger partial charge in [-0.25, -0.2) is 9.59 Å². The Labute approximate surface area is 149 Å². The molecule has 1 aliphatic heterocycles. The van der Waals surface area contributed by atoms with Crippen molar-refractivity contribution in [3.05, 3.63) is 23.8 Å². The van der Waals surface area contributed by atoms with E-state index in [0.717, 1.165) is 18.4 Å². The van der Waals surface area contributed by atoms with Crippen LogP contribution in [-0.2, 0) is 19.1 Å². The average Bonchev–Trinajstić information content (AvgIpc) is 2.80. The van der Waals surface area contributed by atoms with E-state index in [4.69, 9.17) is 9.47 Å². The minimum absolute atomic E-state index is 0.0951. The molecule has 1 saturated heterocycles. The molecule has 1 heterocycles. The van der Waals surface area contributed by atoms with Crippen LogP contribution in [0, 0.1) is 17.3 Å². The molecule has 0 aromatic rings. The predicted octanol–water partition coefficient (Wildman–Crippen LogP) is 2.92. The fraction of sp³-hybridized carbons (Fsp3) is 0.700. The van der Waals surface area contributed by atoms with Crippen LogP contribution in [0.1, 0.15) is 53.4 Å². The van der Waals surface area contributed by atoms with Gasteiger partial charge in [0.25, 0.3) is 0 Å². The van der Waals surface area contributed by atoms with Crippen LogP contribution in [0.5, 0.6) is 0 Å². The van der Waals surface area contributed by atoms with Gasteiger partial charge in [-0.15, -0.1) is 0 Å². The van der Waals surface area contributed by atoms with Crippen molar-refractivity contribution in [1.82, 2.24) is 0 Å². The van der Waals surface area contributed by atoms with E-state index in [1.54, 1.807) is 26.8 Å². The Morgan fingerprint density at radius 2 is 2.08 bits per heavy atom. The quantitative estimate of drug-likeness (QED) is 0.472. The summed E-state index contributed by atoms with van der Waals surface area (Å²) >= 11 is 0. The number of allylic oxidation sites excluding steroid dienone is 1. The van der Waals surface area contributed by atoms with Crippen molar-refractivity contribution in [3.8, 4) is 0 Å². The number of rotatable bonds is 2. The molecule has 0 spiro atoms. The van der Waals surface area contributed by atoms with Gasteiger partial charge in [-0.05, 0) is 46.5 Å². The first-order chi connectivity index (χ1) is 11.6. The number of esters is 2. The SMILES string of the molecule is C=C1CC[C@H](O)[C@@]2(C)CC[C@@H]3[C@@H](OC(=O)[C@]3(C)OC(=O)C(C)=CC)[C@@H]12. The summed E-state index contributed by atoms with van der Waals surface area (Å²) in [6.07, 6.45) is 3.71. The number of ether oxygens (including phenoxy) is 2. The molecule has 25 heavy (non-hydrogen) atoms. The van der Waals surface area contributed by atoms with Gasteiger partial charge in [-0.1, -0.05) is 25.2 Å². The lowest BCUT2D eigenvalue weighted by atomic mass is 9.53. The van der Waals surface area contributed by atoms with Crippen molar-refractivity contribution in [3.63, 3.8) is 0 Å². The smallest absolute Gasteiger partial charge is 0.351 e. The fourth-order valence-electron chi connectivity index (χ4n) is 4.91. The van der Waals surface area contributed by atoms with Crippen molar-refractivity contribution in [2.45, 2.75) is 71.2 Å². The number of hydrogen-bond donors (Lipinski definition) is 1. The minimum atomic E-state index is -1.28. The van der Waals surface area contributed by atoms with Gasteiger partial charge in [0.05, 0.1) is 6.10 Å². The molecule has 2 aliphatic carbocycles. The van der Waals surface area contributed by atoms with Crippen LogP contribution in [0.25, 0.3) is 0 Å². The number of aliphatic hydroxyl groups is 1. The number of hydrogen-bond acceptors (Lipinski definition) is 5. The maximum atomic E-state index is 12.7. The molecule has 2 saturated carbocycles. The molecule has 5 heteroatoms. The summed E-state index contributed by atoms with van der Waals surface area (Å²) in [5, 5.41) is 10.6. The highest BCUT2D eigenvalue weighted by Gasteiger charge is 2.65. The first-order valence-corrected chi connectivity index (χ1v) is 9.08. The second-order valence-electron chi connectivity index (χ2n) is 8.18. The van der Waals surface area contributed by atoms with Crippen molar-refractivity contribution in [2.24, 2.45) is 17.3 Å². The molecule has 5 nitrogen and oxygen atoms in total. The van der Waals surface area contributed by atoms with Gasteiger partial charge < -0.3 is 14.6 Å². The molecular formula is C20H28O5. The van der Waals surface area contributed by atoms with E-state index in [2.05, 4.69) is 13.5 Å². The summed E-state index contributed by atoms with van der Waals surface area (Å²) in [4.78, 5) is 24.9. The van der Waals surface area contributed by atoms with Gasteiger partial charge in [0.15, 0.2) is 0 Å². The molecule has 0 aromatic carbocycles. The number of aliphatic hydroxyl groups excluding tert-OH is 1. The van der Waals surface area contributed by atoms with E-state index < -0.39 is 29.7 Å². The zero-order valence-corrected chi connectivity index (χ0v) is 15.5. The van der Waals surface area contributed by atoms with Gasteiger partial charge in [-0.3, -0.25) is 0 Å². The van der Waals surface area contributed by atoms with E-state index in [1.807, 2.05) is 0 Å². The van der Waals surface area contributed by atoms with E-state index in [9.17, 15) is 14.7 Å². The molecule has 0 radical (unpaired) electrons. The van der Waals surface area contributed by atoms with Gasteiger partial charge in [0, 0.05) is 22.8 Å². The maximum absolute atomic E-state index is 12.7. The van der Waals surface area contributed by atoms with Crippen molar-refractivity contribution >= 4 is 11.9 Å². The Morgan fingerprint density at radius 3 is 2.72 bits per heavy atom. The highest BCUT2D eigenvalue weighted by atomic mass is 16.6. The first-order valence-electron chi connectivity index (χ1n) is 9.08. The van der Waals surface area contributed by atoms with Crippen LogP contribution in [0.2, 0.25) is 0 Å². The first kappa shape index (κ1) is 18.2. The zero-order valence-electron chi connectivity index (χ0n) is 15.5. The molecule has 0 unspecified atom stereocenters. The van der Waals surface area contributed by atoms with Crippen LogP contribution >= 0.6 is 0 Å². The van der Waals surface area contributed by atoms with Crippen molar-refractivity contribution in [2.75, 3.05) is 0 Å². The van der Waals surface area contributed by atoms with Gasteiger partial charge in [0.1, 0.15) is 6.10 Å². The summed E-state index contributed by atoms with van der Waals surface area (Å²) in [7, 11) is 0. The fourth-order valence-corrected chi connectivity index (χ4v) is 4.91. The Hall–Kier alpha value is -1.62. The molecule has 138 valence electrons. The van der Waals surface area contributed by atoms with Gasteiger partial charge >= 0.3 is 11.9 Å². The summed E-state index contributed by atoms with van der Waals surface area (Å²) in [6.45, 7) is 11.3. The Bertz CT molecular complexity index is 650. The van der Waals surface area contributed by atoms with E-state index >= 15 is 0 Å². The highest BCUT2D eigenvalue weighted by Crippen LogP contribution is 2.58. The highest BCUT2D eigenvalue weighted by molar-refractivity contribution is 5.92. The Morgan fingerprint density at radius 1 is 1.40 bits per heavy atom. The maximum Gasteiger partial charge on any atom is 0.351 e. The lowest BCUT2D eigenvalue weighted by Crippen LogP contribution is -2.55. The average molecular weight is 348 g/mol. The lowest BCUT2D eigenvalue weighted by Gasteiger charge is -2.53. The zero-order chi connectivity index (χ0) is 18.6. The lowest BCUT2D eigenvalue weighted by molar-refractivity contribution is -0.170. The molecule has 0 amide bonds. The largest absolute Gasteiger partial charge is 0.458 e. The number of fused-ring (bicyclic) bond motifs is 3. The number of carbonyl (C=O) groups is 2. The van der Waals surface area contributed by atoms with Crippen LogP contribution in [0.15, 0.2) is 23.8 Å². The van der Waals surface area contributed by atoms with Crippen LogP contribution in [0.4, 0.5) is 0 Å².